The highest BCUT2D eigenvalue weighted by Gasteiger charge is 2.11. The van der Waals surface area contributed by atoms with Crippen molar-refractivity contribution in [1.29, 1.82) is 10.5 Å². The molecule has 1 aromatic rings. The summed E-state index contributed by atoms with van der Waals surface area (Å²) in [6.07, 6.45) is 0. The first-order chi connectivity index (χ1) is 7.72. The number of rotatable bonds is 4. The van der Waals surface area contributed by atoms with Crippen LogP contribution in [0, 0.1) is 28.6 Å². The van der Waals surface area contributed by atoms with Crippen molar-refractivity contribution < 1.29 is 0 Å². The van der Waals surface area contributed by atoms with Crippen molar-refractivity contribution in [3.05, 3.63) is 29.8 Å². The lowest BCUT2D eigenvalue weighted by molar-refractivity contribution is 0.686. The molecule has 1 rings (SSSR count). The van der Waals surface area contributed by atoms with E-state index >= 15 is 0 Å². The molecule has 3 nitrogen and oxygen atoms in total. The molecule has 1 unspecified atom stereocenters. The maximum Gasteiger partial charge on any atom is 0.101 e. The van der Waals surface area contributed by atoms with Gasteiger partial charge in [0.05, 0.1) is 23.2 Å². The highest BCUT2D eigenvalue weighted by molar-refractivity contribution is 5.59. The lowest BCUT2D eigenvalue weighted by Crippen LogP contribution is -2.28. The molecule has 16 heavy (non-hydrogen) atoms. The molecule has 1 atom stereocenters. The minimum Gasteiger partial charge on any atom is -0.369 e. The Morgan fingerprint density at radius 2 is 2.00 bits per heavy atom. The minimum absolute atomic E-state index is 0.0355. The molecule has 0 aromatic heterocycles. The smallest absolute Gasteiger partial charge is 0.101 e. The molecule has 0 bridgehead atoms. The fraction of sp³-hybridized carbons (Fsp3) is 0.385. The summed E-state index contributed by atoms with van der Waals surface area (Å²) in [5.74, 6) is -0.0355. The standard InChI is InChI=1S/C13H15N3/c1-3-16(10-11(2)8-14)13-7-5-4-6-12(13)9-15/h4-7,11H,3,10H2,1-2H3. The van der Waals surface area contributed by atoms with E-state index in [-0.39, 0.29) is 5.92 Å². The number of hydrogen-bond acceptors (Lipinski definition) is 3. The summed E-state index contributed by atoms with van der Waals surface area (Å²) in [4.78, 5) is 2.06. The van der Waals surface area contributed by atoms with Gasteiger partial charge in [-0.25, -0.2) is 0 Å². The van der Waals surface area contributed by atoms with Crippen LogP contribution in [-0.2, 0) is 0 Å². The molecule has 0 amide bonds. The van der Waals surface area contributed by atoms with E-state index in [1.165, 1.54) is 0 Å². The average molecular weight is 213 g/mol. The summed E-state index contributed by atoms with van der Waals surface area (Å²) in [6, 6.07) is 11.9. The molecule has 82 valence electrons. The number of hydrogen-bond donors (Lipinski definition) is 0. The third-order valence-electron chi connectivity index (χ3n) is 2.46. The molecule has 0 heterocycles. The second-order valence-corrected chi connectivity index (χ2v) is 3.70. The third-order valence-corrected chi connectivity index (χ3v) is 2.46. The van der Waals surface area contributed by atoms with Crippen LogP contribution in [0.2, 0.25) is 0 Å². The van der Waals surface area contributed by atoms with Gasteiger partial charge in [-0.1, -0.05) is 12.1 Å². The Morgan fingerprint density at radius 1 is 1.31 bits per heavy atom. The Morgan fingerprint density at radius 3 is 2.56 bits per heavy atom. The molecule has 0 aliphatic carbocycles. The molecule has 1 aromatic carbocycles. The Hall–Kier alpha value is -2.00. The van der Waals surface area contributed by atoms with Crippen LogP contribution in [0.25, 0.3) is 0 Å². The Bertz CT molecular complexity index is 426. The van der Waals surface area contributed by atoms with E-state index in [1.807, 2.05) is 32.0 Å². The van der Waals surface area contributed by atoms with Gasteiger partial charge in [-0.15, -0.1) is 0 Å². The van der Waals surface area contributed by atoms with Gasteiger partial charge >= 0.3 is 0 Å². The number of benzene rings is 1. The quantitative estimate of drug-likeness (QED) is 0.772. The summed E-state index contributed by atoms with van der Waals surface area (Å²) in [5.41, 5.74) is 1.57. The third kappa shape index (κ3) is 2.74. The van der Waals surface area contributed by atoms with Crippen LogP contribution in [0.1, 0.15) is 19.4 Å². The topological polar surface area (TPSA) is 50.8 Å². The summed E-state index contributed by atoms with van der Waals surface area (Å²) in [5, 5.41) is 17.8. The van der Waals surface area contributed by atoms with Crippen LogP contribution in [0.5, 0.6) is 0 Å². The Balaban J connectivity index is 2.96. The maximum absolute atomic E-state index is 9.01. The number of para-hydroxylation sites is 1. The average Bonchev–Trinajstić information content (AvgIpc) is 2.35. The maximum atomic E-state index is 9.01. The van der Waals surface area contributed by atoms with Crippen molar-refractivity contribution >= 4 is 5.69 Å². The van der Waals surface area contributed by atoms with Crippen LogP contribution in [0.4, 0.5) is 5.69 Å². The zero-order valence-electron chi connectivity index (χ0n) is 9.64. The van der Waals surface area contributed by atoms with Crippen LogP contribution in [0.15, 0.2) is 24.3 Å². The fourth-order valence-electron chi connectivity index (χ4n) is 1.61. The van der Waals surface area contributed by atoms with Gasteiger partial charge in [0.15, 0.2) is 0 Å². The normalized spacial score (nSPS) is 11.2. The van der Waals surface area contributed by atoms with Gasteiger partial charge in [0.2, 0.25) is 0 Å². The molecule has 0 spiro atoms. The Labute approximate surface area is 96.5 Å². The van der Waals surface area contributed by atoms with E-state index in [2.05, 4.69) is 17.0 Å². The molecule has 0 N–H and O–H groups in total. The van der Waals surface area contributed by atoms with E-state index < -0.39 is 0 Å². The van der Waals surface area contributed by atoms with Crippen molar-refractivity contribution in [2.45, 2.75) is 13.8 Å². The predicted molar refractivity (Wildman–Crippen MR) is 63.8 cm³/mol. The van der Waals surface area contributed by atoms with E-state index in [0.717, 1.165) is 12.2 Å². The minimum atomic E-state index is -0.0355. The first kappa shape index (κ1) is 12.1. The van der Waals surface area contributed by atoms with Gasteiger partial charge in [-0.3, -0.25) is 0 Å². The predicted octanol–water partition coefficient (Wildman–Crippen LogP) is 2.54. The largest absolute Gasteiger partial charge is 0.369 e. The first-order valence-electron chi connectivity index (χ1n) is 5.36. The molecule has 0 fully saturated rings. The molecule has 0 aliphatic heterocycles. The molecule has 0 saturated carbocycles. The zero-order chi connectivity index (χ0) is 12.0. The zero-order valence-corrected chi connectivity index (χ0v) is 9.64. The van der Waals surface area contributed by atoms with Gasteiger partial charge in [-0.2, -0.15) is 10.5 Å². The Kier molecular flexibility index (Phi) is 4.36. The van der Waals surface area contributed by atoms with Crippen LogP contribution >= 0.6 is 0 Å². The molecule has 0 radical (unpaired) electrons. The van der Waals surface area contributed by atoms with E-state index in [9.17, 15) is 0 Å². The molecule has 3 heteroatoms. The van der Waals surface area contributed by atoms with E-state index in [1.54, 1.807) is 6.07 Å². The summed E-state index contributed by atoms with van der Waals surface area (Å²) in [6.45, 7) is 5.37. The van der Waals surface area contributed by atoms with Gasteiger partial charge in [0.1, 0.15) is 6.07 Å². The SMILES string of the molecule is CCN(CC(C)C#N)c1ccccc1C#N. The number of nitrogens with zero attached hydrogens (tertiary/aromatic N) is 3. The fourth-order valence-corrected chi connectivity index (χ4v) is 1.61. The van der Waals surface area contributed by atoms with Gasteiger partial charge < -0.3 is 4.90 Å². The molecule has 0 saturated heterocycles. The van der Waals surface area contributed by atoms with Crippen molar-refractivity contribution in [2.24, 2.45) is 5.92 Å². The summed E-state index contributed by atoms with van der Waals surface area (Å²) < 4.78 is 0. The first-order valence-corrected chi connectivity index (χ1v) is 5.36. The number of anilines is 1. The van der Waals surface area contributed by atoms with E-state index in [4.69, 9.17) is 10.5 Å². The van der Waals surface area contributed by atoms with Crippen molar-refractivity contribution in [3.63, 3.8) is 0 Å². The molecular formula is C13H15N3. The summed E-state index contributed by atoms with van der Waals surface area (Å²) in [7, 11) is 0. The number of nitriles is 2. The molecular weight excluding hydrogens is 198 g/mol. The highest BCUT2D eigenvalue weighted by Crippen LogP contribution is 2.20. The van der Waals surface area contributed by atoms with Crippen molar-refractivity contribution in [2.75, 3.05) is 18.0 Å². The van der Waals surface area contributed by atoms with Gasteiger partial charge in [0.25, 0.3) is 0 Å². The van der Waals surface area contributed by atoms with Crippen LogP contribution in [-0.4, -0.2) is 13.1 Å². The lowest BCUT2D eigenvalue weighted by Gasteiger charge is -2.24. The second-order valence-electron chi connectivity index (χ2n) is 3.70. The monoisotopic (exact) mass is 213 g/mol. The molecule has 0 aliphatic rings. The summed E-state index contributed by atoms with van der Waals surface area (Å²) >= 11 is 0. The van der Waals surface area contributed by atoms with Crippen LogP contribution < -0.4 is 4.90 Å². The van der Waals surface area contributed by atoms with Crippen LogP contribution in [0.3, 0.4) is 0 Å². The van der Waals surface area contributed by atoms with Crippen molar-refractivity contribution in [3.8, 4) is 12.1 Å². The lowest BCUT2D eigenvalue weighted by atomic mass is 10.1. The van der Waals surface area contributed by atoms with Gasteiger partial charge in [-0.05, 0) is 26.0 Å². The van der Waals surface area contributed by atoms with Gasteiger partial charge in [0, 0.05) is 13.1 Å². The van der Waals surface area contributed by atoms with Crippen molar-refractivity contribution in [1.82, 2.24) is 0 Å². The second kappa shape index (κ2) is 5.78. The highest BCUT2D eigenvalue weighted by atomic mass is 15.1. The van der Waals surface area contributed by atoms with E-state index in [0.29, 0.717) is 12.1 Å².